The van der Waals surface area contributed by atoms with E-state index in [0.29, 0.717) is 24.0 Å². The molecule has 3 heterocycles. The molecule has 0 atom stereocenters. The SMILES string of the molecule is Cc1cc(C)c(CNc2ncnc3c2ncn3C2CCCC2)c(=O)[nH]1. The third-order valence-electron chi connectivity index (χ3n) is 5.00. The molecule has 25 heavy (non-hydrogen) atoms. The van der Waals surface area contributed by atoms with Gasteiger partial charge in [-0.1, -0.05) is 12.8 Å². The average molecular weight is 338 g/mol. The van der Waals surface area contributed by atoms with Gasteiger partial charge in [0, 0.05) is 23.8 Å². The Morgan fingerprint density at radius 3 is 2.80 bits per heavy atom. The van der Waals surface area contributed by atoms with Crippen molar-refractivity contribution in [1.29, 1.82) is 0 Å². The highest BCUT2D eigenvalue weighted by atomic mass is 16.1. The van der Waals surface area contributed by atoms with Crippen LogP contribution < -0.4 is 10.9 Å². The van der Waals surface area contributed by atoms with Gasteiger partial charge in [-0.25, -0.2) is 15.0 Å². The maximum absolute atomic E-state index is 12.2. The van der Waals surface area contributed by atoms with Gasteiger partial charge < -0.3 is 14.9 Å². The van der Waals surface area contributed by atoms with E-state index >= 15 is 0 Å². The highest BCUT2D eigenvalue weighted by molar-refractivity contribution is 5.82. The minimum absolute atomic E-state index is 0.0632. The topological polar surface area (TPSA) is 88.5 Å². The smallest absolute Gasteiger partial charge is 0.253 e. The second-order valence-corrected chi connectivity index (χ2v) is 6.78. The normalized spacial score (nSPS) is 15.1. The predicted octanol–water partition coefficient (Wildman–Crippen LogP) is 2.86. The van der Waals surface area contributed by atoms with Gasteiger partial charge in [0.05, 0.1) is 6.33 Å². The van der Waals surface area contributed by atoms with Gasteiger partial charge in [-0.15, -0.1) is 0 Å². The molecule has 0 unspecified atom stereocenters. The van der Waals surface area contributed by atoms with Crippen LogP contribution in [0.3, 0.4) is 0 Å². The van der Waals surface area contributed by atoms with Crippen LogP contribution in [0.4, 0.5) is 5.82 Å². The Balaban J connectivity index is 1.63. The molecule has 0 spiro atoms. The Bertz CT molecular complexity index is 967. The van der Waals surface area contributed by atoms with Crippen molar-refractivity contribution < 1.29 is 0 Å². The standard InChI is InChI=1S/C18H22N6O/c1-11-7-12(2)23-18(25)14(11)8-19-16-15-17(21-9-20-16)24(10-22-15)13-5-3-4-6-13/h7,9-10,13H,3-6,8H2,1-2H3,(H,23,25)(H,19,20,21). The van der Waals surface area contributed by atoms with Gasteiger partial charge in [-0.05, 0) is 38.3 Å². The lowest BCUT2D eigenvalue weighted by molar-refractivity contribution is 0.529. The lowest BCUT2D eigenvalue weighted by Crippen LogP contribution is -2.19. The highest BCUT2D eigenvalue weighted by Crippen LogP contribution is 2.32. The molecule has 3 aromatic heterocycles. The molecule has 1 aliphatic carbocycles. The van der Waals surface area contributed by atoms with Crippen LogP contribution in [0.15, 0.2) is 23.5 Å². The monoisotopic (exact) mass is 338 g/mol. The number of nitrogens with one attached hydrogen (secondary N) is 2. The third-order valence-corrected chi connectivity index (χ3v) is 5.00. The summed E-state index contributed by atoms with van der Waals surface area (Å²) in [5.74, 6) is 0.668. The van der Waals surface area contributed by atoms with Crippen LogP contribution in [0, 0.1) is 13.8 Å². The number of fused-ring (bicyclic) bond motifs is 1. The van der Waals surface area contributed by atoms with Crippen LogP contribution in [-0.2, 0) is 6.54 Å². The van der Waals surface area contributed by atoms with Crippen molar-refractivity contribution in [3.05, 3.63) is 45.9 Å². The number of pyridine rings is 1. The van der Waals surface area contributed by atoms with Gasteiger partial charge in [-0.3, -0.25) is 4.79 Å². The van der Waals surface area contributed by atoms with Crippen LogP contribution in [0.25, 0.3) is 11.2 Å². The Kier molecular flexibility index (Phi) is 3.99. The highest BCUT2D eigenvalue weighted by Gasteiger charge is 2.20. The lowest BCUT2D eigenvalue weighted by atomic mass is 10.1. The molecule has 0 saturated heterocycles. The van der Waals surface area contributed by atoms with Crippen molar-refractivity contribution in [3.63, 3.8) is 0 Å². The van der Waals surface area contributed by atoms with E-state index in [1.807, 2.05) is 26.2 Å². The number of anilines is 1. The molecule has 0 aromatic carbocycles. The zero-order chi connectivity index (χ0) is 17.4. The van der Waals surface area contributed by atoms with Crippen LogP contribution >= 0.6 is 0 Å². The summed E-state index contributed by atoms with van der Waals surface area (Å²) in [6.45, 7) is 4.24. The molecular formula is C18H22N6O. The molecule has 3 aromatic rings. The number of imidazole rings is 1. The average Bonchev–Trinajstić information content (AvgIpc) is 3.23. The number of hydrogen-bond acceptors (Lipinski definition) is 5. The summed E-state index contributed by atoms with van der Waals surface area (Å²) in [6, 6.07) is 2.46. The number of aromatic amines is 1. The lowest BCUT2D eigenvalue weighted by Gasteiger charge is -2.12. The molecular weight excluding hydrogens is 316 g/mol. The van der Waals surface area contributed by atoms with E-state index in [0.717, 1.165) is 22.4 Å². The van der Waals surface area contributed by atoms with Crippen LogP contribution in [0.2, 0.25) is 0 Å². The number of aromatic nitrogens is 5. The van der Waals surface area contributed by atoms with Gasteiger partial charge in [0.2, 0.25) is 0 Å². The predicted molar refractivity (Wildman–Crippen MR) is 96.7 cm³/mol. The molecule has 0 aliphatic heterocycles. The molecule has 0 bridgehead atoms. The van der Waals surface area contributed by atoms with E-state index in [1.165, 1.54) is 25.7 Å². The first-order valence-corrected chi connectivity index (χ1v) is 8.74. The van der Waals surface area contributed by atoms with E-state index in [4.69, 9.17) is 0 Å². The second-order valence-electron chi connectivity index (χ2n) is 6.78. The molecule has 1 fully saturated rings. The molecule has 1 aliphatic rings. The maximum atomic E-state index is 12.2. The summed E-state index contributed by atoms with van der Waals surface area (Å²) in [5.41, 5.74) is 4.11. The number of rotatable bonds is 4. The quantitative estimate of drug-likeness (QED) is 0.763. The Morgan fingerprint density at radius 1 is 1.24 bits per heavy atom. The summed E-state index contributed by atoms with van der Waals surface area (Å²) >= 11 is 0. The van der Waals surface area contributed by atoms with Crippen molar-refractivity contribution in [2.45, 2.75) is 52.1 Å². The second kappa shape index (κ2) is 6.31. The minimum atomic E-state index is -0.0632. The van der Waals surface area contributed by atoms with E-state index in [2.05, 4.69) is 29.8 Å². The Hall–Kier alpha value is -2.70. The molecule has 7 nitrogen and oxygen atoms in total. The van der Waals surface area contributed by atoms with Gasteiger partial charge in [0.15, 0.2) is 11.5 Å². The molecule has 0 amide bonds. The summed E-state index contributed by atoms with van der Waals surface area (Å²) < 4.78 is 2.17. The van der Waals surface area contributed by atoms with Crippen molar-refractivity contribution in [2.75, 3.05) is 5.32 Å². The molecule has 1 saturated carbocycles. The fraction of sp³-hybridized carbons (Fsp3) is 0.444. The van der Waals surface area contributed by atoms with E-state index in [1.54, 1.807) is 6.33 Å². The largest absolute Gasteiger partial charge is 0.364 e. The molecule has 7 heteroatoms. The van der Waals surface area contributed by atoms with Crippen LogP contribution in [0.5, 0.6) is 0 Å². The molecule has 4 rings (SSSR count). The van der Waals surface area contributed by atoms with Crippen molar-refractivity contribution in [2.24, 2.45) is 0 Å². The first-order chi connectivity index (χ1) is 12.1. The molecule has 130 valence electrons. The van der Waals surface area contributed by atoms with Crippen molar-refractivity contribution in [1.82, 2.24) is 24.5 Å². The Labute approximate surface area is 145 Å². The number of nitrogens with zero attached hydrogens (tertiary/aromatic N) is 4. The van der Waals surface area contributed by atoms with E-state index in [9.17, 15) is 4.79 Å². The van der Waals surface area contributed by atoms with E-state index in [-0.39, 0.29) is 5.56 Å². The summed E-state index contributed by atoms with van der Waals surface area (Å²) in [5, 5.41) is 3.26. The van der Waals surface area contributed by atoms with Gasteiger partial charge in [0.25, 0.3) is 5.56 Å². The maximum Gasteiger partial charge on any atom is 0.253 e. The molecule has 0 radical (unpaired) electrons. The Morgan fingerprint density at radius 2 is 2.04 bits per heavy atom. The van der Waals surface area contributed by atoms with Crippen LogP contribution in [0.1, 0.15) is 48.5 Å². The fourth-order valence-electron chi connectivity index (χ4n) is 3.70. The summed E-state index contributed by atoms with van der Waals surface area (Å²) in [4.78, 5) is 28.3. The first-order valence-electron chi connectivity index (χ1n) is 8.74. The zero-order valence-electron chi connectivity index (χ0n) is 14.5. The number of H-pyrrole nitrogens is 1. The first kappa shape index (κ1) is 15.8. The van der Waals surface area contributed by atoms with Gasteiger partial charge in [-0.2, -0.15) is 0 Å². The van der Waals surface area contributed by atoms with E-state index < -0.39 is 0 Å². The summed E-state index contributed by atoms with van der Waals surface area (Å²) in [6.07, 6.45) is 8.30. The molecule has 2 N–H and O–H groups in total. The van der Waals surface area contributed by atoms with Gasteiger partial charge in [0.1, 0.15) is 11.8 Å². The van der Waals surface area contributed by atoms with Crippen LogP contribution in [-0.4, -0.2) is 24.5 Å². The number of aryl methyl sites for hydroxylation is 2. The fourth-order valence-corrected chi connectivity index (χ4v) is 3.70. The van der Waals surface area contributed by atoms with Crippen molar-refractivity contribution >= 4 is 17.0 Å². The number of hydrogen-bond donors (Lipinski definition) is 2. The van der Waals surface area contributed by atoms with Gasteiger partial charge >= 0.3 is 0 Å². The minimum Gasteiger partial charge on any atom is -0.364 e. The third kappa shape index (κ3) is 2.90. The summed E-state index contributed by atoms with van der Waals surface area (Å²) in [7, 11) is 0. The van der Waals surface area contributed by atoms with Crippen molar-refractivity contribution in [3.8, 4) is 0 Å². The zero-order valence-corrected chi connectivity index (χ0v) is 14.5.